The second-order valence-corrected chi connectivity index (χ2v) is 9.55. The summed E-state index contributed by atoms with van der Waals surface area (Å²) in [7, 11) is 0. The van der Waals surface area contributed by atoms with Crippen LogP contribution in [0.3, 0.4) is 0 Å². The normalized spacial score (nSPS) is 13.5. The van der Waals surface area contributed by atoms with Crippen LogP contribution in [0.25, 0.3) is 0 Å². The lowest BCUT2D eigenvalue weighted by atomic mass is 9.96. The summed E-state index contributed by atoms with van der Waals surface area (Å²) in [5.74, 6) is -1.09. The first kappa shape index (κ1) is 27.4. The zero-order valence-electron chi connectivity index (χ0n) is 20.6. The molecule has 0 saturated carbocycles. The minimum absolute atomic E-state index is 0.0669. The Kier molecular flexibility index (Phi) is 10.2. The van der Waals surface area contributed by atoms with Gasteiger partial charge in [0.05, 0.1) is 6.61 Å². The maximum absolute atomic E-state index is 13.7. The van der Waals surface area contributed by atoms with Gasteiger partial charge < -0.3 is 25.4 Å². The number of aliphatic hydroxyl groups excluding tert-OH is 1. The number of hydrogen-bond donors (Lipinski definition) is 3. The first-order valence-corrected chi connectivity index (χ1v) is 11.0. The van der Waals surface area contributed by atoms with Crippen molar-refractivity contribution in [1.29, 1.82) is 0 Å². The van der Waals surface area contributed by atoms with Gasteiger partial charge in [-0.1, -0.05) is 38.1 Å². The number of aryl methyl sites for hydroxylation is 1. The molecule has 1 aromatic carbocycles. The van der Waals surface area contributed by atoms with E-state index >= 15 is 0 Å². The number of alkyl carbamates (subject to hydrolysis) is 1. The number of carbonyl (C=O) groups excluding carboxylic acids is 3. The molecule has 8 heteroatoms. The second kappa shape index (κ2) is 11.9. The molecule has 180 valence electrons. The van der Waals surface area contributed by atoms with Crippen molar-refractivity contribution >= 4 is 17.9 Å². The Morgan fingerprint density at radius 3 is 2.12 bits per heavy atom. The Morgan fingerprint density at radius 1 is 1.06 bits per heavy atom. The number of amides is 3. The Hall–Kier alpha value is -2.61. The number of rotatable bonds is 9. The van der Waals surface area contributed by atoms with Gasteiger partial charge in [0.25, 0.3) is 0 Å². The molecule has 1 aromatic rings. The van der Waals surface area contributed by atoms with Crippen molar-refractivity contribution in [1.82, 2.24) is 15.5 Å². The van der Waals surface area contributed by atoms with E-state index in [4.69, 9.17) is 4.74 Å². The van der Waals surface area contributed by atoms with Gasteiger partial charge in [0, 0.05) is 12.6 Å². The molecule has 0 radical (unpaired) electrons. The Balaban J connectivity index is 3.40. The van der Waals surface area contributed by atoms with E-state index in [1.165, 1.54) is 4.90 Å². The van der Waals surface area contributed by atoms with Gasteiger partial charge in [0.1, 0.15) is 17.7 Å². The molecule has 1 rings (SSSR count). The molecule has 0 spiro atoms. The van der Waals surface area contributed by atoms with Crippen LogP contribution >= 0.6 is 0 Å². The lowest BCUT2D eigenvalue weighted by Crippen LogP contribution is -2.55. The summed E-state index contributed by atoms with van der Waals surface area (Å²) in [5.41, 5.74) is 0.779. The molecule has 3 amide bonds. The average molecular weight is 450 g/mol. The molecule has 2 atom stereocenters. The van der Waals surface area contributed by atoms with Crippen LogP contribution in [0.1, 0.15) is 65.6 Å². The van der Waals surface area contributed by atoms with Gasteiger partial charge in [-0.15, -0.1) is 0 Å². The lowest BCUT2D eigenvalue weighted by Gasteiger charge is -2.36. The maximum atomic E-state index is 13.7. The van der Waals surface area contributed by atoms with Crippen LogP contribution in [0.15, 0.2) is 24.3 Å². The number of hydrogen-bond acceptors (Lipinski definition) is 5. The van der Waals surface area contributed by atoms with Gasteiger partial charge in [0.15, 0.2) is 0 Å². The van der Waals surface area contributed by atoms with Gasteiger partial charge in [0.2, 0.25) is 11.8 Å². The van der Waals surface area contributed by atoms with Crippen molar-refractivity contribution in [2.45, 2.75) is 79.1 Å². The van der Waals surface area contributed by atoms with Gasteiger partial charge in [-0.05, 0) is 58.6 Å². The zero-order valence-corrected chi connectivity index (χ0v) is 20.6. The highest BCUT2D eigenvalue weighted by atomic mass is 16.6. The number of nitrogens with one attached hydrogen (secondary N) is 2. The van der Waals surface area contributed by atoms with Gasteiger partial charge >= 0.3 is 6.09 Å². The van der Waals surface area contributed by atoms with Crippen LogP contribution in [0, 0.1) is 12.8 Å². The third-order valence-electron chi connectivity index (χ3n) is 4.70. The van der Waals surface area contributed by atoms with Crippen LogP contribution < -0.4 is 10.6 Å². The molecule has 0 bridgehead atoms. The third-order valence-corrected chi connectivity index (χ3v) is 4.70. The standard InChI is InChI=1S/C24H39N3O5/c1-15(2)19(26-23(31)32-24(6,7)8)22(30)27(13-14-28)20(21(29)25-16(3)4)18-12-10-9-11-17(18)5/h9-12,15-16,19-20,28H,13-14H2,1-8H3,(H,25,29)(H,26,31). The van der Waals surface area contributed by atoms with Crippen LogP contribution in [0.5, 0.6) is 0 Å². The minimum atomic E-state index is -0.958. The maximum Gasteiger partial charge on any atom is 0.408 e. The smallest absolute Gasteiger partial charge is 0.408 e. The number of carbonyl (C=O) groups is 3. The van der Waals surface area contributed by atoms with E-state index in [0.29, 0.717) is 5.56 Å². The summed E-state index contributed by atoms with van der Waals surface area (Å²) in [4.78, 5) is 40.6. The zero-order chi connectivity index (χ0) is 24.6. The number of benzene rings is 1. The van der Waals surface area contributed by atoms with Gasteiger partial charge in [-0.3, -0.25) is 9.59 Å². The molecular formula is C24H39N3O5. The van der Waals surface area contributed by atoms with Crippen LogP contribution in [-0.2, 0) is 14.3 Å². The number of nitrogens with zero attached hydrogens (tertiary/aromatic N) is 1. The van der Waals surface area contributed by atoms with E-state index in [1.807, 2.05) is 32.9 Å². The first-order chi connectivity index (χ1) is 14.8. The van der Waals surface area contributed by atoms with E-state index in [-0.39, 0.29) is 31.0 Å². The molecule has 8 nitrogen and oxygen atoms in total. The van der Waals surface area contributed by atoms with E-state index in [9.17, 15) is 19.5 Å². The van der Waals surface area contributed by atoms with Crippen LogP contribution in [0.4, 0.5) is 4.79 Å². The number of ether oxygens (including phenoxy) is 1. The molecule has 0 heterocycles. The molecule has 2 unspecified atom stereocenters. The quantitative estimate of drug-likeness (QED) is 0.537. The molecule has 0 fully saturated rings. The highest BCUT2D eigenvalue weighted by molar-refractivity contribution is 5.92. The molecule has 32 heavy (non-hydrogen) atoms. The van der Waals surface area contributed by atoms with Crippen LogP contribution in [-0.4, -0.2) is 58.8 Å². The minimum Gasteiger partial charge on any atom is -0.444 e. The monoisotopic (exact) mass is 449 g/mol. The lowest BCUT2D eigenvalue weighted by molar-refractivity contribution is -0.144. The summed E-state index contributed by atoms with van der Waals surface area (Å²) in [6.45, 7) is 14.0. The summed E-state index contributed by atoms with van der Waals surface area (Å²) in [6.07, 6.45) is -0.715. The van der Waals surface area contributed by atoms with Gasteiger partial charge in [-0.25, -0.2) is 4.79 Å². The number of aliphatic hydroxyl groups is 1. The fraction of sp³-hybridized carbons (Fsp3) is 0.625. The molecule has 0 aliphatic carbocycles. The molecular weight excluding hydrogens is 410 g/mol. The Labute approximate surface area is 191 Å². The molecule has 0 aromatic heterocycles. The first-order valence-electron chi connectivity index (χ1n) is 11.0. The fourth-order valence-electron chi connectivity index (χ4n) is 3.31. The van der Waals surface area contributed by atoms with E-state index in [2.05, 4.69) is 10.6 Å². The molecule has 3 N–H and O–H groups in total. The third kappa shape index (κ3) is 8.15. The predicted octanol–water partition coefficient (Wildman–Crippen LogP) is 2.93. The van der Waals surface area contributed by atoms with Crippen molar-refractivity contribution < 1.29 is 24.2 Å². The average Bonchev–Trinajstić information content (AvgIpc) is 2.64. The SMILES string of the molecule is Cc1ccccc1C(C(=O)NC(C)C)N(CCO)C(=O)C(NC(=O)OC(C)(C)C)C(C)C. The summed E-state index contributed by atoms with van der Waals surface area (Å²) in [5, 5.41) is 15.3. The van der Waals surface area contributed by atoms with Crippen molar-refractivity contribution in [3.63, 3.8) is 0 Å². The largest absolute Gasteiger partial charge is 0.444 e. The highest BCUT2D eigenvalue weighted by Gasteiger charge is 2.37. The molecule has 0 aliphatic rings. The van der Waals surface area contributed by atoms with Crippen molar-refractivity contribution in [2.75, 3.05) is 13.2 Å². The Morgan fingerprint density at radius 2 is 1.66 bits per heavy atom. The fourth-order valence-corrected chi connectivity index (χ4v) is 3.31. The summed E-state index contributed by atoms with van der Waals surface area (Å²) < 4.78 is 5.32. The highest BCUT2D eigenvalue weighted by Crippen LogP contribution is 2.26. The summed E-state index contributed by atoms with van der Waals surface area (Å²) >= 11 is 0. The van der Waals surface area contributed by atoms with Crippen molar-refractivity contribution in [3.8, 4) is 0 Å². The topological polar surface area (TPSA) is 108 Å². The van der Waals surface area contributed by atoms with E-state index in [1.54, 1.807) is 46.8 Å². The molecule has 0 aliphatic heterocycles. The predicted molar refractivity (Wildman–Crippen MR) is 124 cm³/mol. The van der Waals surface area contributed by atoms with Crippen molar-refractivity contribution in [3.05, 3.63) is 35.4 Å². The van der Waals surface area contributed by atoms with Crippen LogP contribution in [0.2, 0.25) is 0 Å². The Bertz CT molecular complexity index is 786. The summed E-state index contributed by atoms with van der Waals surface area (Å²) in [6, 6.07) is 5.29. The van der Waals surface area contributed by atoms with Crippen molar-refractivity contribution in [2.24, 2.45) is 5.92 Å². The van der Waals surface area contributed by atoms with Gasteiger partial charge in [-0.2, -0.15) is 0 Å². The molecule has 0 saturated heterocycles. The van der Waals surface area contributed by atoms with E-state index in [0.717, 1.165) is 5.56 Å². The van der Waals surface area contributed by atoms with E-state index < -0.39 is 29.7 Å². The second-order valence-electron chi connectivity index (χ2n) is 9.55.